The highest BCUT2D eigenvalue weighted by Gasteiger charge is 2.24. The first-order valence-corrected chi connectivity index (χ1v) is 12.9. The van der Waals surface area contributed by atoms with Crippen LogP contribution in [0.3, 0.4) is 0 Å². The summed E-state index contributed by atoms with van der Waals surface area (Å²) in [5.41, 5.74) is 5.37. The number of esters is 1. The Hall–Kier alpha value is -4.74. The standard InChI is InChI=1S/C33H23ClN2O3/c1-36-29-18-10-7-15-24(29)31(32(36)21-11-3-2-4-12-21)30(37)20-39-33(38)25-19-28(23-14-5-8-16-26(23)34)35-27-17-9-6-13-22(25)27/h2-19H,20H2,1H3. The Balaban J connectivity index is 1.37. The summed E-state index contributed by atoms with van der Waals surface area (Å²) in [5, 5.41) is 1.98. The third kappa shape index (κ3) is 4.47. The molecule has 0 aliphatic rings. The van der Waals surface area contributed by atoms with E-state index in [9.17, 15) is 9.59 Å². The van der Waals surface area contributed by atoms with E-state index in [4.69, 9.17) is 21.3 Å². The van der Waals surface area contributed by atoms with E-state index in [1.165, 1.54) is 0 Å². The topological polar surface area (TPSA) is 61.2 Å². The third-order valence-corrected chi connectivity index (χ3v) is 7.18. The maximum absolute atomic E-state index is 13.7. The number of pyridine rings is 1. The van der Waals surface area contributed by atoms with Crippen molar-refractivity contribution in [2.75, 3.05) is 6.61 Å². The summed E-state index contributed by atoms with van der Waals surface area (Å²) in [5.74, 6) is -0.875. The molecule has 0 saturated heterocycles. The van der Waals surface area contributed by atoms with Gasteiger partial charge in [-0.15, -0.1) is 0 Å². The zero-order valence-electron chi connectivity index (χ0n) is 21.1. The van der Waals surface area contributed by atoms with Gasteiger partial charge in [-0.05, 0) is 29.8 Å². The van der Waals surface area contributed by atoms with Crippen LogP contribution in [0.4, 0.5) is 0 Å². The molecule has 5 nitrogen and oxygen atoms in total. The lowest BCUT2D eigenvalue weighted by Crippen LogP contribution is -2.15. The average molecular weight is 531 g/mol. The summed E-state index contributed by atoms with van der Waals surface area (Å²) in [6.07, 6.45) is 0. The molecule has 6 aromatic rings. The molecule has 0 aliphatic carbocycles. The van der Waals surface area contributed by atoms with E-state index < -0.39 is 12.6 Å². The molecular formula is C33H23ClN2O3. The first-order chi connectivity index (χ1) is 19.0. The summed E-state index contributed by atoms with van der Waals surface area (Å²) in [6, 6.07) is 33.8. The number of rotatable bonds is 6. The Labute approximate surface area is 230 Å². The predicted octanol–water partition coefficient (Wildman–Crippen LogP) is 7.75. The van der Waals surface area contributed by atoms with Crippen LogP contribution in [0.5, 0.6) is 0 Å². The molecule has 4 aromatic carbocycles. The number of benzene rings is 4. The number of ketones is 1. The maximum Gasteiger partial charge on any atom is 0.339 e. The van der Waals surface area contributed by atoms with Crippen molar-refractivity contribution in [2.45, 2.75) is 0 Å². The highest BCUT2D eigenvalue weighted by molar-refractivity contribution is 6.33. The second-order valence-electron chi connectivity index (χ2n) is 9.22. The quantitative estimate of drug-likeness (QED) is 0.163. The number of Topliss-reactive ketones (excluding diaryl/α,β-unsaturated/α-hetero) is 1. The van der Waals surface area contributed by atoms with Crippen LogP contribution in [-0.2, 0) is 11.8 Å². The van der Waals surface area contributed by atoms with Crippen molar-refractivity contribution in [2.24, 2.45) is 7.05 Å². The lowest BCUT2D eigenvalue weighted by atomic mass is 10.0. The number of hydrogen-bond donors (Lipinski definition) is 0. The number of fused-ring (bicyclic) bond motifs is 2. The van der Waals surface area contributed by atoms with Crippen molar-refractivity contribution in [1.82, 2.24) is 9.55 Å². The molecule has 0 fully saturated rings. The van der Waals surface area contributed by atoms with E-state index >= 15 is 0 Å². The van der Waals surface area contributed by atoms with E-state index in [1.807, 2.05) is 109 Å². The summed E-state index contributed by atoms with van der Waals surface area (Å²) >= 11 is 6.42. The molecule has 0 saturated carbocycles. The van der Waals surface area contributed by atoms with Crippen molar-refractivity contribution >= 4 is 45.2 Å². The highest BCUT2D eigenvalue weighted by Crippen LogP contribution is 2.34. The first kappa shape index (κ1) is 24.6. The fourth-order valence-corrected chi connectivity index (χ4v) is 5.27. The highest BCUT2D eigenvalue weighted by atomic mass is 35.5. The molecule has 0 radical (unpaired) electrons. The van der Waals surface area contributed by atoms with Crippen LogP contribution in [0.1, 0.15) is 20.7 Å². The van der Waals surface area contributed by atoms with Crippen molar-refractivity contribution in [1.29, 1.82) is 0 Å². The number of para-hydroxylation sites is 2. The van der Waals surface area contributed by atoms with Crippen molar-refractivity contribution in [3.8, 4) is 22.5 Å². The number of carbonyl (C=O) groups excluding carboxylic acids is 2. The van der Waals surface area contributed by atoms with Crippen LogP contribution in [0.15, 0.2) is 109 Å². The van der Waals surface area contributed by atoms with Gasteiger partial charge in [0, 0.05) is 33.9 Å². The van der Waals surface area contributed by atoms with Gasteiger partial charge in [-0.25, -0.2) is 9.78 Å². The zero-order valence-corrected chi connectivity index (χ0v) is 21.9. The molecule has 0 atom stereocenters. The van der Waals surface area contributed by atoms with Crippen molar-refractivity contribution < 1.29 is 14.3 Å². The van der Waals surface area contributed by atoms with Gasteiger partial charge < -0.3 is 9.30 Å². The molecule has 0 N–H and O–H groups in total. The Bertz CT molecular complexity index is 1880. The number of ether oxygens (including phenoxy) is 1. The molecule has 2 aromatic heterocycles. The van der Waals surface area contributed by atoms with Crippen LogP contribution in [0.2, 0.25) is 5.02 Å². The van der Waals surface area contributed by atoms with Gasteiger partial charge in [0.25, 0.3) is 0 Å². The fraction of sp³-hybridized carbons (Fsp3) is 0.0606. The average Bonchev–Trinajstić information content (AvgIpc) is 3.28. The van der Waals surface area contributed by atoms with Crippen molar-refractivity contribution in [3.05, 3.63) is 125 Å². The van der Waals surface area contributed by atoms with E-state index in [0.29, 0.717) is 38.3 Å². The maximum atomic E-state index is 13.7. The predicted molar refractivity (Wildman–Crippen MR) is 155 cm³/mol. The van der Waals surface area contributed by atoms with Crippen LogP contribution in [0.25, 0.3) is 44.3 Å². The molecule has 190 valence electrons. The molecule has 6 rings (SSSR count). The monoisotopic (exact) mass is 530 g/mol. The smallest absolute Gasteiger partial charge is 0.339 e. The molecule has 0 spiro atoms. The number of hydrogen-bond acceptors (Lipinski definition) is 4. The number of nitrogens with zero attached hydrogens (tertiary/aromatic N) is 2. The van der Waals surface area contributed by atoms with E-state index in [2.05, 4.69) is 0 Å². The Morgan fingerprint density at radius 1 is 0.821 bits per heavy atom. The Morgan fingerprint density at radius 3 is 2.28 bits per heavy atom. The second-order valence-corrected chi connectivity index (χ2v) is 9.62. The Morgan fingerprint density at radius 2 is 1.49 bits per heavy atom. The van der Waals surface area contributed by atoms with E-state index in [1.54, 1.807) is 12.1 Å². The number of halogens is 1. The molecular weight excluding hydrogens is 508 g/mol. The fourth-order valence-electron chi connectivity index (χ4n) is 5.04. The molecule has 0 unspecified atom stereocenters. The van der Waals surface area contributed by atoms with Gasteiger partial charge >= 0.3 is 5.97 Å². The van der Waals surface area contributed by atoms with Crippen LogP contribution >= 0.6 is 11.6 Å². The van der Waals surface area contributed by atoms with Gasteiger partial charge in [0.15, 0.2) is 6.61 Å². The summed E-state index contributed by atoms with van der Waals surface area (Å²) < 4.78 is 7.67. The van der Waals surface area contributed by atoms with Gasteiger partial charge in [0.05, 0.1) is 28.0 Å². The summed E-state index contributed by atoms with van der Waals surface area (Å²) in [7, 11) is 1.94. The number of carbonyl (C=O) groups is 2. The van der Waals surface area contributed by atoms with Crippen LogP contribution < -0.4 is 0 Å². The molecule has 39 heavy (non-hydrogen) atoms. The van der Waals surface area contributed by atoms with Gasteiger partial charge in [0.2, 0.25) is 5.78 Å². The third-order valence-electron chi connectivity index (χ3n) is 6.85. The minimum atomic E-state index is -0.600. The van der Waals surface area contributed by atoms with Gasteiger partial charge in [-0.3, -0.25) is 4.79 Å². The zero-order chi connectivity index (χ0) is 26.9. The summed E-state index contributed by atoms with van der Waals surface area (Å²) in [4.78, 5) is 31.8. The van der Waals surface area contributed by atoms with Gasteiger partial charge in [-0.1, -0.05) is 96.5 Å². The van der Waals surface area contributed by atoms with Gasteiger partial charge in [-0.2, -0.15) is 0 Å². The normalized spacial score (nSPS) is 11.1. The molecule has 2 heterocycles. The lowest BCUT2D eigenvalue weighted by Gasteiger charge is -2.11. The largest absolute Gasteiger partial charge is 0.454 e. The Kier molecular flexibility index (Phi) is 6.43. The minimum absolute atomic E-state index is 0.274. The van der Waals surface area contributed by atoms with E-state index in [0.717, 1.165) is 22.2 Å². The van der Waals surface area contributed by atoms with Gasteiger partial charge in [0.1, 0.15) is 0 Å². The van der Waals surface area contributed by atoms with E-state index in [-0.39, 0.29) is 5.78 Å². The SMILES string of the molecule is Cn1c(-c2ccccc2)c(C(=O)COC(=O)c2cc(-c3ccccc3Cl)nc3ccccc23)c2ccccc21. The molecule has 0 aliphatic heterocycles. The summed E-state index contributed by atoms with van der Waals surface area (Å²) in [6.45, 7) is -0.398. The molecule has 0 bridgehead atoms. The second kappa shape index (κ2) is 10.2. The number of aromatic nitrogens is 2. The molecule has 6 heteroatoms. The number of aryl methyl sites for hydroxylation is 1. The minimum Gasteiger partial charge on any atom is -0.454 e. The first-order valence-electron chi connectivity index (χ1n) is 12.5. The van der Waals surface area contributed by atoms with Crippen LogP contribution in [0, 0.1) is 0 Å². The van der Waals surface area contributed by atoms with Crippen molar-refractivity contribution in [3.63, 3.8) is 0 Å². The lowest BCUT2D eigenvalue weighted by molar-refractivity contribution is 0.0477. The van der Waals surface area contributed by atoms with Crippen LogP contribution in [-0.4, -0.2) is 27.9 Å². The molecule has 0 amide bonds.